The predicted octanol–water partition coefficient (Wildman–Crippen LogP) is 3.49. The van der Waals surface area contributed by atoms with E-state index in [9.17, 15) is 4.79 Å². The van der Waals surface area contributed by atoms with Gasteiger partial charge in [-0.2, -0.15) is 0 Å². The molecule has 2 aromatic rings. The maximum Gasteiger partial charge on any atom is 0.253 e. The summed E-state index contributed by atoms with van der Waals surface area (Å²) < 4.78 is 0. The topological polar surface area (TPSA) is 60.0 Å². The SMILES string of the molecule is CCNC(=NCc1cccc(CN(CC)CC)c1)NCc1ccc(C(=O)N(C)C)cc1. The van der Waals surface area contributed by atoms with Crippen molar-refractivity contribution in [3.8, 4) is 0 Å². The van der Waals surface area contributed by atoms with Gasteiger partial charge in [0.2, 0.25) is 0 Å². The summed E-state index contributed by atoms with van der Waals surface area (Å²) in [5.41, 5.74) is 4.32. The molecule has 0 spiro atoms. The smallest absolute Gasteiger partial charge is 0.253 e. The molecular formula is C25H37N5O. The number of amides is 1. The van der Waals surface area contributed by atoms with Gasteiger partial charge in [-0.15, -0.1) is 0 Å². The molecule has 0 aliphatic rings. The van der Waals surface area contributed by atoms with Crippen LogP contribution in [-0.4, -0.2) is 55.4 Å². The zero-order valence-corrected chi connectivity index (χ0v) is 19.6. The lowest BCUT2D eigenvalue weighted by Crippen LogP contribution is -2.36. The average molecular weight is 424 g/mol. The number of nitrogens with one attached hydrogen (secondary N) is 2. The highest BCUT2D eigenvalue weighted by Gasteiger charge is 2.07. The Hall–Kier alpha value is -2.86. The van der Waals surface area contributed by atoms with Gasteiger partial charge in [0.15, 0.2) is 5.96 Å². The van der Waals surface area contributed by atoms with E-state index in [4.69, 9.17) is 4.99 Å². The van der Waals surface area contributed by atoms with Gasteiger partial charge >= 0.3 is 0 Å². The minimum atomic E-state index is 0.0117. The second kappa shape index (κ2) is 12.7. The number of hydrogen-bond donors (Lipinski definition) is 2. The number of carbonyl (C=O) groups is 1. The first-order valence-electron chi connectivity index (χ1n) is 11.1. The van der Waals surface area contributed by atoms with Gasteiger partial charge in [-0.1, -0.05) is 50.2 Å². The molecule has 0 atom stereocenters. The van der Waals surface area contributed by atoms with Crippen LogP contribution in [0.3, 0.4) is 0 Å². The number of guanidine groups is 1. The van der Waals surface area contributed by atoms with Crippen LogP contribution in [0.1, 0.15) is 47.8 Å². The Kier molecular flexibility index (Phi) is 10.0. The second-order valence-corrected chi connectivity index (χ2v) is 7.73. The van der Waals surface area contributed by atoms with Crippen LogP contribution in [0, 0.1) is 0 Å². The van der Waals surface area contributed by atoms with Crippen molar-refractivity contribution in [2.75, 3.05) is 33.7 Å². The molecule has 2 rings (SSSR count). The lowest BCUT2D eigenvalue weighted by atomic mass is 10.1. The van der Waals surface area contributed by atoms with E-state index in [0.717, 1.165) is 37.7 Å². The van der Waals surface area contributed by atoms with Crippen LogP contribution in [-0.2, 0) is 19.6 Å². The Morgan fingerprint density at radius 2 is 1.58 bits per heavy atom. The van der Waals surface area contributed by atoms with Crippen LogP contribution >= 0.6 is 0 Å². The van der Waals surface area contributed by atoms with Gasteiger partial charge < -0.3 is 15.5 Å². The number of carbonyl (C=O) groups excluding carboxylic acids is 1. The summed E-state index contributed by atoms with van der Waals surface area (Å²) in [5.74, 6) is 0.794. The summed E-state index contributed by atoms with van der Waals surface area (Å²) in [6, 6.07) is 16.3. The van der Waals surface area contributed by atoms with Gasteiger partial charge in [0.05, 0.1) is 6.54 Å². The first-order chi connectivity index (χ1) is 15.0. The number of rotatable bonds is 10. The summed E-state index contributed by atoms with van der Waals surface area (Å²) in [6.45, 7) is 11.6. The van der Waals surface area contributed by atoms with Gasteiger partial charge in [-0.05, 0) is 48.8 Å². The first-order valence-corrected chi connectivity index (χ1v) is 11.1. The fourth-order valence-electron chi connectivity index (χ4n) is 3.25. The van der Waals surface area contributed by atoms with E-state index in [-0.39, 0.29) is 5.91 Å². The first kappa shape index (κ1) is 24.4. The van der Waals surface area contributed by atoms with E-state index in [1.54, 1.807) is 19.0 Å². The third kappa shape index (κ3) is 8.06. The minimum Gasteiger partial charge on any atom is -0.357 e. The molecule has 0 aliphatic carbocycles. The molecule has 0 saturated carbocycles. The molecule has 0 aliphatic heterocycles. The lowest BCUT2D eigenvalue weighted by Gasteiger charge is -2.18. The van der Waals surface area contributed by atoms with Crippen LogP contribution in [0.5, 0.6) is 0 Å². The molecule has 0 heterocycles. The molecule has 6 heteroatoms. The molecule has 0 radical (unpaired) electrons. The summed E-state index contributed by atoms with van der Waals surface area (Å²) in [7, 11) is 3.52. The normalized spacial score (nSPS) is 11.5. The van der Waals surface area contributed by atoms with Crippen molar-refractivity contribution in [3.05, 3.63) is 70.8 Å². The molecule has 2 aromatic carbocycles. The van der Waals surface area contributed by atoms with Gasteiger partial charge in [-0.3, -0.25) is 9.69 Å². The standard InChI is InChI=1S/C25H37N5O/c1-6-26-25(27-17-20-12-14-23(15-13-20)24(31)29(4)5)28-18-21-10-9-11-22(16-21)19-30(7-2)8-3/h9-16H,6-8,17-19H2,1-5H3,(H2,26,27,28). The molecule has 2 N–H and O–H groups in total. The largest absolute Gasteiger partial charge is 0.357 e. The summed E-state index contributed by atoms with van der Waals surface area (Å²) in [4.78, 5) is 20.8. The van der Waals surface area contributed by atoms with Crippen molar-refractivity contribution in [3.63, 3.8) is 0 Å². The van der Waals surface area contributed by atoms with Crippen LogP contribution < -0.4 is 10.6 Å². The van der Waals surface area contributed by atoms with Crippen LogP contribution in [0.2, 0.25) is 0 Å². The van der Waals surface area contributed by atoms with E-state index in [1.807, 2.05) is 24.3 Å². The zero-order chi connectivity index (χ0) is 22.6. The Morgan fingerprint density at radius 1 is 0.903 bits per heavy atom. The van der Waals surface area contributed by atoms with E-state index in [1.165, 1.54) is 11.1 Å². The number of aliphatic imine (C=N–C) groups is 1. The zero-order valence-electron chi connectivity index (χ0n) is 19.6. The Morgan fingerprint density at radius 3 is 2.19 bits per heavy atom. The molecule has 0 fully saturated rings. The van der Waals surface area contributed by atoms with Crippen molar-refractivity contribution in [1.29, 1.82) is 0 Å². The van der Waals surface area contributed by atoms with Gasteiger partial charge in [0, 0.05) is 39.3 Å². The van der Waals surface area contributed by atoms with Crippen molar-refractivity contribution in [1.82, 2.24) is 20.4 Å². The maximum absolute atomic E-state index is 12.0. The van der Waals surface area contributed by atoms with Gasteiger partial charge in [-0.25, -0.2) is 4.99 Å². The monoisotopic (exact) mass is 423 g/mol. The highest BCUT2D eigenvalue weighted by atomic mass is 16.2. The van der Waals surface area contributed by atoms with Gasteiger partial charge in [0.1, 0.15) is 0 Å². The second-order valence-electron chi connectivity index (χ2n) is 7.73. The number of benzene rings is 2. The van der Waals surface area contributed by atoms with Crippen molar-refractivity contribution < 1.29 is 4.79 Å². The predicted molar refractivity (Wildman–Crippen MR) is 129 cm³/mol. The molecule has 31 heavy (non-hydrogen) atoms. The Balaban J connectivity index is 1.98. The fourth-order valence-corrected chi connectivity index (χ4v) is 3.25. The molecule has 0 unspecified atom stereocenters. The Labute approximate surface area is 187 Å². The van der Waals surface area contributed by atoms with Crippen LogP contribution in [0.4, 0.5) is 0 Å². The Bertz CT molecular complexity index is 841. The average Bonchev–Trinajstić information content (AvgIpc) is 2.79. The molecular weight excluding hydrogens is 386 g/mol. The molecule has 1 amide bonds. The van der Waals surface area contributed by atoms with Crippen molar-refractivity contribution in [2.24, 2.45) is 4.99 Å². The van der Waals surface area contributed by atoms with Crippen molar-refractivity contribution >= 4 is 11.9 Å². The number of hydrogen-bond acceptors (Lipinski definition) is 3. The molecule has 168 valence electrons. The molecule has 0 saturated heterocycles. The fraction of sp³-hybridized carbons (Fsp3) is 0.440. The lowest BCUT2D eigenvalue weighted by molar-refractivity contribution is 0.0827. The third-order valence-electron chi connectivity index (χ3n) is 5.12. The van der Waals surface area contributed by atoms with E-state index < -0.39 is 0 Å². The molecule has 6 nitrogen and oxygen atoms in total. The quantitative estimate of drug-likeness (QED) is 0.454. The molecule has 0 aromatic heterocycles. The summed E-state index contributed by atoms with van der Waals surface area (Å²) in [5, 5.41) is 6.68. The maximum atomic E-state index is 12.0. The molecule has 0 bridgehead atoms. The highest BCUT2D eigenvalue weighted by Crippen LogP contribution is 2.10. The van der Waals surface area contributed by atoms with E-state index in [2.05, 4.69) is 60.6 Å². The number of nitrogens with zero attached hydrogens (tertiary/aromatic N) is 3. The highest BCUT2D eigenvalue weighted by molar-refractivity contribution is 5.93. The van der Waals surface area contributed by atoms with Crippen LogP contribution in [0.15, 0.2) is 53.5 Å². The summed E-state index contributed by atoms with van der Waals surface area (Å²) in [6.07, 6.45) is 0. The minimum absolute atomic E-state index is 0.0117. The third-order valence-corrected chi connectivity index (χ3v) is 5.12. The van der Waals surface area contributed by atoms with Crippen molar-refractivity contribution in [2.45, 2.75) is 40.4 Å². The van der Waals surface area contributed by atoms with Crippen LogP contribution in [0.25, 0.3) is 0 Å². The van der Waals surface area contributed by atoms with Gasteiger partial charge in [0.25, 0.3) is 5.91 Å². The van der Waals surface area contributed by atoms with E-state index in [0.29, 0.717) is 18.7 Å². The summed E-state index contributed by atoms with van der Waals surface area (Å²) >= 11 is 0. The van der Waals surface area contributed by atoms with E-state index >= 15 is 0 Å².